The predicted octanol–water partition coefficient (Wildman–Crippen LogP) is 2.43. The molecule has 0 unspecified atom stereocenters. The van der Waals surface area contributed by atoms with Crippen LogP contribution in [0.5, 0.6) is 0 Å². The second-order valence-electron chi connectivity index (χ2n) is 4.91. The van der Waals surface area contributed by atoms with Crippen molar-refractivity contribution in [3.8, 4) is 0 Å². The van der Waals surface area contributed by atoms with Gasteiger partial charge in [-0.15, -0.1) is 0 Å². The van der Waals surface area contributed by atoms with Crippen molar-refractivity contribution in [1.29, 1.82) is 0 Å². The van der Waals surface area contributed by atoms with E-state index >= 15 is 0 Å². The van der Waals surface area contributed by atoms with Crippen LogP contribution in [-0.2, 0) is 9.84 Å². The van der Waals surface area contributed by atoms with Gasteiger partial charge in [-0.1, -0.05) is 19.9 Å². The van der Waals surface area contributed by atoms with Gasteiger partial charge in [0.2, 0.25) is 0 Å². The highest BCUT2D eigenvalue weighted by Gasteiger charge is 2.21. The van der Waals surface area contributed by atoms with E-state index in [4.69, 9.17) is 5.11 Å². The summed E-state index contributed by atoms with van der Waals surface area (Å²) in [5, 5.41) is 9.03. The highest BCUT2D eigenvalue weighted by molar-refractivity contribution is 7.91. The van der Waals surface area contributed by atoms with Gasteiger partial charge in [-0.3, -0.25) is 0 Å². The van der Waals surface area contributed by atoms with Crippen LogP contribution in [0, 0.1) is 19.8 Å². The van der Waals surface area contributed by atoms with Crippen molar-refractivity contribution in [3.05, 3.63) is 28.8 Å². The summed E-state index contributed by atoms with van der Waals surface area (Å²) >= 11 is 0. The lowest BCUT2D eigenvalue weighted by molar-refractivity contribution is 0.0696. The van der Waals surface area contributed by atoms with Gasteiger partial charge in [-0.05, 0) is 37.0 Å². The van der Waals surface area contributed by atoms with Crippen LogP contribution in [0.25, 0.3) is 0 Å². The molecule has 1 N–H and O–H groups in total. The molecule has 0 radical (unpaired) electrons. The number of aryl methyl sites for hydroxylation is 2. The Morgan fingerprint density at radius 3 is 2.22 bits per heavy atom. The van der Waals surface area contributed by atoms with Gasteiger partial charge in [0.15, 0.2) is 9.84 Å². The molecule has 0 spiro atoms. The predicted molar refractivity (Wildman–Crippen MR) is 69.8 cm³/mol. The summed E-state index contributed by atoms with van der Waals surface area (Å²) in [6, 6.07) is 2.88. The number of carboxylic acid groups (broad SMARTS) is 1. The average Bonchev–Trinajstić information content (AvgIpc) is 2.13. The molecule has 18 heavy (non-hydrogen) atoms. The van der Waals surface area contributed by atoms with Gasteiger partial charge in [0.05, 0.1) is 16.2 Å². The Morgan fingerprint density at radius 1 is 1.22 bits per heavy atom. The van der Waals surface area contributed by atoms with Crippen molar-refractivity contribution < 1.29 is 18.3 Å². The Bertz CT molecular complexity index is 571. The van der Waals surface area contributed by atoms with Crippen LogP contribution in [0.1, 0.15) is 35.3 Å². The van der Waals surface area contributed by atoms with E-state index in [1.54, 1.807) is 19.9 Å². The SMILES string of the molecule is Cc1cc(C)c(S(=O)(=O)CC(C)C)cc1C(=O)O. The number of carbonyl (C=O) groups is 1. The molecule has 0 aliphatic carbocycles. The molecule has 0 aliphatic heterocycles. The van der Waals surface area contributed by atoms with Gasteiger partial charge in [-0.2, -0.15) is 0 Å². The zero-order chi connectivity index (χ0) is 14.1. The van der Waals surface area contributed by atoms with Crippen molar-refractivity contribution >= 4 is 15.8 Å². The molecule has 0 aliphatic rings. The summed E-state index contributed by atoms with van der Waals surface area (Å²) in [5.74, 6) is -1.08. The van der Waals surface area contributed by atoms with Crippen LogP contribution < -0.4 is 0 Å². The molecule has 0 saturated heterocycles. The third-order valence-corrected chi connectivity index (χ3v) is 4.86. The summed E-state index contributed by atoms with van der Waals surface area (Å²) in [6.07, 6.45) is 0. The fourth-order valence-electron chi connectivity index (χ4n) is 1.93. The van der Waals surface area contributed by atoms with Gasteiger partial charge >= 0.3 is 5.97 Å². The minimum Gasteiger partial charge on any atom is -0.478 e. The van der Waals surface area contributed by atoms with E-state index in [1.165, 1.54) is 6.07 Å². The molecule has 0 heterocycles. The maximum absolute atomic E-state index is 12.2. The molecule has 4 nitrogen and oxygen atoms in total. The van der Waals surface area contributed by atoms with Crippen LogP contribution >= 0.6 is 0 Å². The van der Waals surface area contributed by atoms with Gasteiger partial charge in [-0.25, -0.2) is 13.2 Å². The fourth-order valence-corrected chi connectivity index (χ4v) is 3.83. The summed E-state index contributed by atoms with van der Waals surface area (Å²) in [7, 11) is -3.43. The van der Waals surface area contributed by atoms with E-state index in [2.05, 4.69) is 0 Å². The summed E-state index contributed by atoms with van der Waals surface area (Å²) < 4.78 is 24.3. The number of rotatable bonds is 4. The number of hydrogen-bond donors (Lipinski definition) is 1. The lowest BCUT2D eigenvalue weighted by Crippen LogP contribution is -2.14. The van der Waals surface area contributed by atoms with Gasteiger partial charge < -0.3 is 5.11 Å². The largest absolute Gasteiger partial charge is 0.478 e. The van der Waals surface area contributed by atoms with Crippen molar-refractivity contribution in [2.75, 3.05) is 5.75 Å². The smallest absolute Gasteiger partial charge is 0.335 e. The Balaban J connectivity index is 3.42. The standard InChI is InChI=1S/C13H18O4S/c1-8(2)7-18(16,17)12-6-11(13(14)15)9(3)5-10(12)4/h5-6,8H,7H2,1-4H3,(H,14,15). The van der Waals surface area contributed by atoms with Gasteiger partial charge in [0.25, 0.3) is 0 Å². The van der Waals surface area contributed by atoms with E-state index in [0.717, 1.165) is 0 Å². The zero-order valence-electron chi connectivity index (χ0n) is 11.0. The number of carboxylic acids is 1. The summed E-state index contributed by atoms with van der Waals surface area (Å²) in [4.78, 5) is 11.2. The number of sulfone groups is 1. The lowest BCUT2D eigenvalue weighted by Gasteiger charge is -2.12. The molecule has 0 amide bonds. The van der Waals surface area contributed by atoms with Crippen molar-refractivity contribution in [1.82, 2.24) is 0 Å². The first-order valence-corrected chi connectivity index (χ1v) is 7.37. The Hall–Kier alpha value is -1.36. The molecule has 1 aromatic carbocycles. The molecule has 0 fully saturated rings. The Morgan fingerprint density at radius 2 is 1.78 bits per heavy atom. The monoisotopic (exact) mass is 270 g/mol. The third kappa shape index (κ3) is 3.10. The lowest BCUT2D eigenvalue weighted by atomic mass is 10.1. The number of benzene rings is 1. The Labute approximate surface area is 108 Å². The van der Waals surface area contributed by atoms with Gasteiger partial charge in [0.1, 0.15) is 0 Å². The van der Waals surface area contributed by atoms with E-state index < -0.39 is 15.8 Å². The highest BCUT2D eigenvalue weighted by Crippen LogP contribution is 2.23. The minimum absolute atomic E-state index is 0.00369. The minimum atomic E-state index is -3.43. The first-order chi connectivity index (χ1) is 8.15. The quantitative estimate of drug-likeness (QED) is 0.912. The van der Waals surface area contributed by atoms with E-state index in [1.807, 2.05) is 13.8 Å². The Kier molecular flexibility index (Phi) is 4.16. The molecule has 0 saturated carbocycles. The van der Waals surface area contributed by atoms with Crippen LogP contribution in [-0.4, -0.2) is 25.2 Å². The van der Waals surface area contributed by atoms with Crippen molar-refractivity contribution in [3.63, 3.8) is 0 Å². The molecule has 5 heteroatoms. The second kappa shape index (κ2) is 5.10. The maximum Gasteiger partial charge on any atom is 0.335 e. The molecule has 1 rings (SSSR count). The maximum atomic E-state index is 12.2. The molecule has 100 valence electrons. The molecular formula is C13H18O4S. The first-order valence-electron chi connectivity index (χ1n) is 5.72. The molecule has 0 aromatic heterocycles. The molecular weight excluding hydrogens is 252 g/mol. The topological polar surface area (TPSA) is 71.4 Å². The van der Waals surface area contributed by atoms with E-state index in [9.17, 15) is 13.2 Å². The number of hydrogen-bond acceptors (Lipinski definition) is 3. The van der Waals surface area contributed by atoms with Crippen molar-refractivity contribution in [2.45, 2.75) is 32.6 Å². The molecule has 1 aromatic rings. The van der Waals surface area contributed by atoms with Crippen LogP contribution in [0.15, 0.2) is 17.0 Å². The fraction of sp³-hybridized carbons (Fsp3) is 0.462. The van der Waals surface area contributed by atoms with E-state index in [-0.39, 0.29) is 22.1 Å². The molecule has 0 bridgehead atoms. The third-order valence-electron chi connectivity index (χ3n) is 2.64. The number of aromatic carboxylic acids is 1. The first kappa shape index (κ1) is 14.7. The second-order valence-corrected chi connectivity index (χ2v) is 6.92. The average molecular weight is 270 g/mol. The summed E-state index contributed by atoms with van der Waals surface area (Å²) in [6.45, 7) is 6.99. The molecule has 0 atom stereocenters. The van der Waals surface area contributed by atoms with Crippen LogP contribution in [0.4, 0.5) is 0 Å². The normalized spacial score (nSPS) is 11.8. The van der Waals surface area contributed by atoms with Crippen molar-refractivity contribution in [2.24, 2.45) is 5.92 Å². The highest BCUT2D eigenvalue weighted by atomic mass is 32.2. The summed E-state index contributed by atoms with van der Waals surface area (Å²) in [5.41, 5.74) is 1.21. The zero-order valence-corrected chi connectivity index (χ0v) is 11.8. The van der Waals surface area contributed by atoms with Gasteiger partial charge in [0, 0.05) is 0 Å². The van der Waals surface area contributed by atoms with E-state index in [0.29, 0.717) is 11.1 Å². The van der Waals surface area contributed by atoms with Crippen LogP contribution in [0.2, 0.25) is 0 Å². The van der Waals surface area contributed by atoms with Crippen LogP contribution in [0.3, 0.4) is 0 Å².